The number of benzene rings is 1. The molecule has 0 aromatic heterocycles. The molecule has 4 rings (SSSR count). The molecule has 0 heterocycles. The van der Waals surface area contributed by atoms with E-state index in [2.05, 4.69) is 10.6 Å². The molecule has 1 spiro atoms. The summed E-state index contributed by atoms with van der Waals surface area (Å²) in [5, 5.41) is 17.5. The molecule has 8 heteroatoms. The van der Waals surface area contributed by atoms with Crippen molar-refractivity contribution >= 4 is 40.6 Å². The molecule has 1 atom stereocenters. The number of rotatable bonds is 6. The molecule has 2 aliphatic rings. The van der Waals surface area contributed by atoms with E-state index < -0.39 is 10.9 Å². The van der Waals surface area contributed by atoms with E-state index >= 15 is 0 Å². The van der Waals surface area contributed by atoms with Crippen LogP contribution in [0.2, 0.25) is 5.02 Å². The van der Waals surface area contributed by atoms with E-state index in [9.17, 15) is 14.7 Å². The third kappa shape index (κ3) is 3.83. The molecule has 2 fully saturated rings. The average molecular weight is 450 g/mol. The number of phenolic OH excluding ortho intramolecular Hbond substituents is 1. The van der Waals surface area contributed by atoms with Crippen LogP contribution in [0.25, 0.3) is 0 Å². The first-order chi connectivity index (χ1) is 14.3. The molecule has 0 amide bonds. The molecular formula is C22H28ClN3O3S. The summed E-state index contributed by atoms with van der Waals surface area (Å²) in [5.41, 5.74) is 0.162. The topological polar surface area (TPSA) is 81.7 Å². The van der Waals surface area contributed by atoms with Crippen molar-refractivity contribution in [2.75, 3.05) is 24.7 Å². The Kier molecular flexibility index (Phi) is 6.06. The number of nitrogens with zero attached hydrogens (tertiary/aromatic N) is 1. The number of aromatic hydroxyl groups is 1. The van der Waals surface area contributed by atoms with Crippen molar-refractivity contribution in [1.29, 1.82) is 0 Å². The molecule has 1 unspecified atom stereocenters. The number of nitrogens with one attached hydrogen (secondary N) is 2. The Hall–Kier alpha value is -1.70. The summed E-state index contributed by atoms with van der Waals surface area (Å²) in [5.74, 6) is -0.0369. The summed E-state index contributed by atoms with van der Waals surface area (Å²) >= 11 is 7.52. The lowest BCUT2D eigenvalue weighted by atomic mass is 9.69. The van der Waals surface area contributed by atoms with Crippen molar-refractivity contribution in [1.82, 2.24) is 4.31 Å². The number of hydrogen-bond donors (Lipinski definition) is 3. The van der Waals surface area contributed by atoms with Gasteiger partial charge in [-0.05, 0) is 69.3 Å². The van der Waals surface area contributed by atoms with Gasteiger partial charge in [-0.2, -0.15) is 0 Å². The maximum atomic E-state index is 12.4. The lowest BCUT2D eigenvalue weighted by Crippen LogP contribution is -2.46. The average Bonchev–Trinajstić information content (AvgIpc) is 3.19. The molecule has 0 bridgehead atoms. The van der Waals surface area contributed by atoms with Crippen molar-refractivity contribution in [3.05, 3.63) is 37.6 Å². The molecule has 2 aliphatic carbocycles. The SMILES string of the molecule is CN(C)Sc1c(Cl)ccc(Nc2c(NC3CCCCC34CCCC4)c(=O)c2=O)c1O. The molecule has 0 aliphatic heterocycles. The molecule has 0 radical (unpaired) electrons. The van der Waals surface area contributed by atoms with Gasteiger partial charge in [0.05, 0.1) is 15.6 Å². The van der Waals surface area contributed by atoms with Crippen LogP contribution in [0.1, 0.15) is 51.4 Å². The lowest BCUT2D eigenvalue weighted by molar-refractivity contribution is 0.173. The standard InChI is InChI=1S/C22H28ClN3O3S/c1-26(2)30-21-13(23)8-9-14(18(21)27)24-16-17(20(29)19(16)28)25-15-7-3-4-10-22(15)11-5-6-12-22/h8-9,15,24-25,27H,3-7,10-12H2,1-2H3. The summed E-state index contributed by atoms with van der Waals surface area (Å²) in [6.07, 6.45) is 9.43. The molecule has 3 N–H and O–H groups in total. The quantitative estimate of drug-likeness (QED) is 0.329. The van der Waals surface area contributed by atoms with Gasteiger partial charge in [0.1, 0.15) is 11.4 Å². The van der Waals surface area contributed by atoms with Gasteiger partial charge in [0, 0.05) is 6.04 Å². The van der Waals surface area contributed by atoms with Crippen LogP contribution in [0, 0.1) is 5.41 Å². The Balaban J connectivity index is 1.60. The van der Waals surface area contributed by atoms with Crippen LogP contribution in [-0.4, -0.2) is 29.5 Å². The van der Waals surface area contributed by atoms with Crippen LogP contribution in [0.5, 0.6) is 5.75 Å². The summed E-state index contributed by atoms with van der Waals surface area (Å²) in [7, 11) is 3.70. The van der Waals surface area contributed by atoms with Crippen molar-refractivity contribution < 1.29 is 5.11 Å². The highest BCUT2D eigenvalue weighted by Gasteiger charge is 2.43. The van der Waals surface area contributed by atoms with Crippen LogP contribution in [0.4, 0.5) is 17.1 Å². The van der Waals surface area contributed by atoms with Crippen molar-refractivity contribution in [3.63, 3.8) is 0 Å². The molecule has 30 heavy (non-hydrogen) atoms. The van der Waals surface area contributed by atoms with E-state index in [0.29, 0.717) is 21.3 Å². The highest BCUT2D eigenvalue weighted by atomic mass is 35.5. The second kappa shape index (κ2) is 8.44. The van der Waals surface area contributed by atoms with Crippen LogP contribution in [-0.2, 0) is 0 Å². The minimum atomic E-state index is -0.551. The molecule has 0 saturated heterocycles. The Labute approximate surface area is 185 Å². The smallest absolute Gasteiger partial charge is 0.253 e. The predicted molar refractivity (Wildman–Crippen MR) is 124 cm³/mol. The Morgan fingerprint density at radius 3 is 2.37 bits per heavy atom. The van der Waals surface area contributed by atoms with E-state index in [1.807, 2.05) is 18.4 Å². The lowest BCUT2D eigenvalue weighted by Gasteiger charge is -2.42. The summed E-state index contributed by atoms with van der Waals surface area (Å²) in [6.45, 7) is 0. The maximum Gasteiger partial charge on any atom is 0.253 e. The first-order valence-electron chi connectivity index (χ1n) is 10.6. The molecule has 2 aromatic carbocycles. The summed E-state index contributed by atoms with van der Waals surface area (Å²) in [6, 6.07) is 3.51. The van der Waals surface area contributed by atoms with Gasteiger partial charge >= 0.3 is 0 Å². The van der Waals surface area contributed by atoms with Crippen molar-refractivity contribution in [2.45, 2.75) is 62.3 Å². The van der Waals surface area contributed by atoms with Gasteiger partial charge < -0.3 is 15.7 Å². The van der Waals surface area contributed by atoms with E-state index in [1.54, 1.807) is 12.1 Å². The third-order valence-electron chi connectivity index (χ3n) is 6.60. The zero-order valence-corrected chi connectivity index (χ0v) is 19.0. The van der Waals surface area contributed by atoms with E-state index in [1.165, 1.54) is 50.5 Å². The second-order valence-corrected chi connectivity index (χ2v) is 10.5. The van der Waals surface area contributed by atoms with Crippen LogP contribution in [0.15, 0.2) is 26.6 Å². The van der Waals surface area contributed by atoms with Crippen LogP contribution in [0.3, 0.4) is 0 Å². The second-order valence-electron chi connectivity index (χ2n) is 8.72. The summed E-state index contributed by atoms with van der Waals surface area (Å²) in [4.78, 5) is 25.2. The minimum Gasteiger partial charge on any atom is -0.505 e. The summed E-state index contributed by atoms with van der Waals surface area (Å²) < 4.78 is 1.82. The van der Waals surface area contributed by atoms with Crippen molar-refractivity contribution in [3.8, 4) is 5.75 Å². The number of anilines is 3. The van der Waals surface area contributed by atoms with Crippen LogP contribution >= 0.6 is 23.5 Å². The number of phenols is 1. The van der Waals surface area contributed by atoms with Gasteiger partial charge in [-0.25, -0.2) is 0 Å². The van der Waals surface area contributed by atoms with Gasteiger partial charge in [0.15, 0.2) is 5.75 Å². The zero-order chi connectivity index (χ0) is 21.5. The van der Waals surface area contributed by atoms with Gasteiger partial charge in [-0.1, -0.05) is 37.3 Å². The fourth-order valence-electron chi connectivity index (χ4n) is 5.08. The first-order valence-corrected chi connectivity index (χ1v) is 11.7. The third-order valence-corrected chi connectivity index (χ3v) is 7.99. The fourth-order valence-corrected chi connectivity index (χ4v) is 6.06. The van der Waals surface area contributed by atoms with Crippen molar-refractivity contribution in [2.24, 2.45) is 5.41 Å². The maximum absolute atomic E-state index is 12.4. The number of hydrogen-bond acceptors (Lipinski definition) is 7. The minimum absolute atomic E-state index is 0.0369. The number of halogens is 1. The van der Waals surface area contributed by atoms with E-state index in [4.69, 9.17) is 11.6 Å². The fraction of sp³-hybridized carbons (Fsp3) is 0.545. The molecule has 162 valence electrons. The Morgan fingerprint density at radius 1 is 1.07 bits per heavy atom. The highest BCUT2D eigenvalue weighted by molar-refractivity contribution is 7.97. The normalized spacial score (nSPS) is 20.9. The Bertz CT molecular complexity index is 1010. The van der Waals surface area contributed by atoms with Gasteiger partial charge in [0.2, 0.25) is 0 Å². The monoisotopic (exact) mass is 449 g/mol. The predicted octanol–water partition coefficient (Wildman–Crippen LogP) is 4.87. The Morgan fingerprint density at radius 2 is 1.70 bits per heavy atom. The zero-order valence-electron chi connectivity index (χ0n) is 17.4. The first kappa shape index (κ1) is 21.5. The molecular weight excluding hydrogens is 422 g/mol. The highest BCUT2D eigenvalue weighted by Crippen LogP contribution is 2.50. The van der Waals surface area contributed by atoms with Gasteiger partial charge in [0.25, 0.3) is 10.9 Å². The largest absolute Gasteiger partial charge is 0.505 e. The van der Waals surface area contributed by atoms with Gasteiger partial charge in [-0.15, -0.1) is 0 Å². The van der Waals surface area contributed by atoms with Crippen LogP contribution < -0.4 is 21.5 Å². The van der Waals surface area contributed by atoms with E-state index in [-0.39, 0.29) is 22.9 Å². The molecule has 2 saturated carbocycles. The van der Waals surface area contributed by atoms with E-state index in [0.717, 1.165) is 12.8 Å². The molecule has 2 aromatic rings. The van der Waals surface area contributed by atoms with Gasteiger partial charge in [-0.3, -0.25) is 13.9 Å². The molecule has 6 nitrogen and oxygen atoms in total.